The molecular formula is C16H16N2O4S. The largest absolute Gasteiger partial charge is 0.478 e. The second-order valence-corrected chi connectivity index (χ2v) is 5.10. The first-order valence-electron chi connectivity index (χ1n) is 6.78. The first-order chi connectivity index (χ1) is 11.0. The van der Waals surface area contributed by atoms with Gasteiger partial charge in [0.05, 0.1) is 11.6 Å². The molecule has 0 spiro atoms. The fourth-order valence-corrected chi connectivity index (χ4v) is 1.89. The monoisotopic (exact) mass is 332 g/mol. The Labute approximate surface area is 138 Å². The van der Waals surface area contributed by atoms with E-state index in [-0.39, 0.29) is 17.2 Å². The van der Waals surface area contributed by atoms with E-state index >= 15 is 0 Å². The van der Waals surface area contributed by atoms with Crippen molar-refractivity contribution in [1.29, 1.82) is 0 Å². The lowest BCUT2D eigenvalue weighted by molar-refractivity contribution is -0.116. The minimum absolute atomic E-state index is 0.191. The maximum absolute atomic E-state index is 11.6. The van der Waals surface area contributed by atoms with Crippen LogP contribution in [0.25, 0.3) is 0 Å². The van der Waals surface area contributed by atoms with Crippen molar-refractivity contribution in [3.63, 3.8) is 0 Å². The Bertz CT molecular complexity index is 686. The number of anilines is 1. The molecular weight excluding hydrogens is 316 g/mol. The summed E-state index contributed by atoms with van der Waals surface area (Å²) < 4.78 is 5.60. The average Bonchev–Trinajstić information content (AvgIpc) is 2.56. The van der Waals surface area contributed by atoms with E-state index in [9.17, 15) is 9.59 Å². The molecule has 23 heavy (non-hydrogen) atoms. The highest BCUT2D eigenvalue weighted by Crippen LogP contribution is 2.23. The molecule has 0 radical (unpaired) electrons. The molecule has 0 bridgehead atoms. The molecule has 0 unspecified atom stereocenters. The fourth-order valence-electron chi connectivity index (χ4n) is 1.73. The van der Waals surface area contributed by atoms with Gasteiger partial charge >= 0.3 is 5.97 Å². The summed E-state index contributed by atoms with van der Waals surface area (Å²) in [5, 5.41) is 11.5. The van der Waals surface area contributed by atoms with E-state index in [2.05, 4.69) is 17.9 Å². The fraction of sp³-hybridized carbons (Fsp3) is 0.125. The molecule has 2 aromatic rings. The van der Waals surface area contributed by atoms with Gasteiger partial charge in [-0.15, -0.1) is 0 Å². The lowest BCUT2D eigenvalue weighted by Crippen LogP contribution is -2.37. The zero-order valence-corrected chi connectivity index (χ0v) is 13.0. The van der Waals surface area contributed by atoms with Gasteiger partial charge in [0, 0.05) is 11.4 Å². The number of hydrogen-bond donors (Lipinski definition) is 4. The number of aromatic carboxylic acids is 1. The van der Waals surface area contributed by atoms with E-state index in [1.54, 1.807) is 36.4 Å². The summed E-state index contributed by atoms with van der Waals surface area (Å²) in [4.78, 5) is 22.4. The smallest absolute Gasteiger partial charge is 0.335 e. The van der Waals surface area contributed by atoms with Crippen LogP contribution in [-0.4, -0.2) is 28.8 Å². The third-order valence-electron chi connectivity index (χ3n) is 2.99. The maximum atomic E-state index is 11.6. The summed E-state index contributed by atoms with van der Waals surface area (Å²) in [5.74, 6) is 0.0433. The molecule has 0 aliphatic heterocycles. The number of nitrogens with one attached hydrogen (secondary N) is 1. The Kier molecular flexibility index (Phi) is 5.61. The average molecular weight is 332 g/mol. The van der Waals surface area contributed by atoms with Crippen LogP contribution < -0.4 is 15.8 Å². The molecule has 0 aromatic heterocycles. The number of amides is 1. The van der Waals surface area contributed by atoms with Crippen molar-refractivity contribution in [1.82, 2.24) is 0 Å². The zero-order chi connectivity index (χ0) is 16.8. The number of hydrogen-bond acceptors (Lipinski definition) is 5. The summed E-state index contributed by atoms with van der Waals surface area (Å²) in [6.07, 6.45) is 0. The lowest BCUT2D eigenvalue weighted by atomic mass is 10.2. The number of carboxylic acid groups (broad SMARTS) is 1. The van der Waals surface area contributed by atoms with Crippen molar-refractivity contribution in [3.05, 3.63) is 54.1 Å². The number of carboxylic acids is 1. The standard InChI is InChI=1S/C16H16N2O4S/c17-14(9-23)15(19)18-11-3-7-13(8-4-11)22-12-5-1-10(2-6-12)16(20)21/h1-8,14,23H,9,17H2,(H,18,19)(H,20,21)/t14-/m0/s1. The van der Waals surface area contributed by atoms with E-state index in [1.165, 1.54) is 12.1 Å². The van der Waals surface area contributed by atoms with Gasteiger partial charge in [0.25, 0.3) is 0 Å². The molecule has 7 heteroatoms. The third kappa shape index (κ3) is 4.73. The van der Waals surface area contributed by atoms with Gasteiger partial charge in [0.1, 0.15) is 11.5 Å². The predicted molar refractivity (Wildman–Crippen MR) is 90.4 cm³/mol. The van der Waals surface area contributed by atoms with Crippen molar-refractivity contribution >= 4 is 30.2 Å². The highest BCUT2D eigenvalue weighted by atomic mass is 32.1. The molecule has 6 nitrogen and oxygen atoms in total. The number of carbonyl (C=O) groups is 2. The lowest BCUT2D eigenvalue weighted by Gasteiger charge is -2.11. The Morgan fingerprint density at radius 2 is 1.61 bits per heavy atom. The van der Waals surface area contributed by atoms with Crippen LogP contribution in [-0.2, 0) is 4.79 Å². The first-order valence-corrected chi connectivity index (χ1v) is 7.41. The summed E-state index contributed by atoms with van der Waals surface area (Å²) in [6.45, 7) is 0. The second-order valence-electron chi connectivity index (χ2n) is 4.73. The molecule has 0 fully saturated rings. The molecule has 0 heterocycles. The van der Waals surface area contributed by atoms with Crippen LogP contribution in [0.15, 0.2) is 48.5 Å². The molecule has 120 valence electrons. The molecule has 0 aliphatic rings. The molecule has 2 rings (SSSR count). The molecule has 4 N–H and O–H groups in total. The van der Waals surface area contributed by atoms with E-state index in [1.807, 2.05) is 0 Å². The van der Waals surface area contributed by atoms with Gasteiger partial charge in [-0.3, -0.25) is 4.79 Å². The Morgan fingerprint density at radius 1 is 1.09 bits per heavy atom. The van der Waals surface area contributed by atoms with E-state index in [0.717, 1.165) is 0 Å². The normalized spacial score (nSPS) is 11.6. The number of benzene rings is 2. The minimum atomic E-state index is -0.990. The predicted octanol–water partition coefficient (Wildman–Crippen LogP) is 2.37. The van der Waals surface area contributed by atoms with E-state index in [4.69, 9.17) is 15.6 Å². The van der Waals surface area contributed by atoms with E-state index in [0.29, 0.717) is 17.2 Å². The summed E-state index contributed by atoms with van der Waals surface area (Å²) in [5.41, 5.74) is 6.36. The minimum Gasteiger partial charge on any atom is -0.478 e. The Morgan fingerprint density at radius 3 is 2.09 bits per heavy atom. The Hall–Kier alpha value is -2.51. The second kappa shape index (κ2) is 7.66. The highest BCUT2D eigenvalue weighted by molar-refractivity contribution is 7.80. The van der Waals surface area contributed by atoms with Gasteiger partial charge in [-0.1, -0.05) is 0 Å². The van der Waals surface area contributed by atoms with Gasteiger partial charge in [-0.25, -0.2) is 4.79 Å². The zero-order valence-electron chi connectivity index (χ0n) is 12.1. The molecule has 2 aromatic carbocycles. The van der Waals surface area contributed by atoms with Crippen LogP contribution in [0.4, 0.5) is 5.69 Å². The van der Waals surface area contributed by atoms with Gasteiger partial charge in [0.2, 0.25) is 5.91 Å². The highest BCUT2D eigenvalue weighted by Gasteiger charge is 2.11. The van der Waals surface area contributed by atoms with Crippen LogP contribution in [0, 0.1) is 0 Å². The van der Waals surface area contributed by atoms with Gasteiger partial charge in [-0.2, -0.15) is 12.6 Å². The topological polar surface area (TPSA) is 102 Å². The van der Waals surface area contributed by atoms with Crippen LogP contribution >= 0.6 is 12.6 Å². The molecule has 0 aliphatic carbocycles. The van der Waals surface area contributed by atoms with Crippen molar-refractivity contribution < 1.29 is 19.4 Å². The summed E-state index contributed by atoms with van der Waals surface area (Å²) in [6, 6.07) is 12.2. The molecule has 0 saturated heterocycles. The first kappa shape index (κ1) is 16.9. The SMILES string of the molecule is N[C@@H](CS)C(=O)Nc1ccc(Oc2ccc(C(=O)O)cc2)cc1. The van der Waals surface area contributed by atoms with Gasteiger partial charge < -0.3 is 20.9 Å². The van der Waals surface area contributed by atoms with Crippen molar-refractivity contribution in [3.8, 4) is 11.5 Å². The third-order valence-corrected chi connectivity index (χ3v) is 3.39. The van der Waals surface area contributed by atoms with Crippen LogP contribution in [0.5, 0.6) is 11.5 Å². The number of thiol groups is 1. The molecule has 0 saturated carbocycles. The maximum Gasteiger partial charge on any atom is 0.335 e. The van der Waals surface area contributed by atoms with Crippen LogP contribution in [0.2, 0.25) is 0 Å². The summed E-state index contributed by atoms with van der Waals surface area (Å²) in [7, 11) is 0. The van der Waals surface area contributed by atoms with Gasteiger partial charge in [-0.05, 0) is 48.5 Å². The number of carbonyl (C=O) groups excluding carboxylic acids is 1. The van der Waals surface area contributed by atoms with Crippen molar-refractivity contribution in [2.24, 2.45) is 5.73 Å². The molecule has 1 amide bonds. The van der Waals surface area contributed by atoms with Crippen molar-refractivity contribution in [2.45, 2.75) is 6.04 Å². The van der Waals surface area contributed by atoms with Crippen LogP contribution in [0.3, 0.4) is 0 Å². The molecule has 1 atom stereocenters. The number of nitrogens with two attached hydrogens (primary N) is 1. The quantitative estimate of drug-likeness (QED) is 0.608. The summed E-state index contributed by atoms with van der Waals surface area (Å²) >= 11 is 3.97. The number of rotatable bonds is 6. The van der Waals surface area contributed by atoms with Crippen LogP contribution in [0.1, 0.15) is 10.4 Å². The van der Waals surface area contributed by atoms with Gasteiger partial charge in [0.15, 0.2) is 0 Å². The Balaban J connectivity index is 1.99. The van der Waals surface area contributed by atoms with E-state index < -0.39 is 12.0 Å². The van der Waals surface area contributed by atoms with Crippen molar-refractivity contribution in [2.75, 3.05) is 11.1 Å². The number of ether oxygens (including phenoxy) is 1.